The van der Waals surface area contributed by atoms with Crippen LogP contribution in [0.25, 0.3) is 6.08 Å². The summed E-state index contributed by atoms with van der Waals surface area (Å²) >= 11 is 5.79. The summed E-state index contributed by atoms with van der Waals surface area (Å²) in [6.45, 7) is 6.33. The molecule has 1 N–H and O–H groups in total. The van der Waals surface area contributed by atoms with Crippen molar-refractivity contribution in [1.29, 1.82) is 0 Å². The highest BCUT2D eigenvalue weighted by atomic mass is 35.5. The van der Waals surface area contributed by atoms with Gasteiger partial charge in [-0.25, -0.2) is 4.39 Å². The van der Waals surface area contributed by atoms with E-state index < -0.39 is 0 Å². The summed E-state index contributed by atoms with van der Waals surface area (Å²) < 4.78 is 18.8. The van der Waals surface area contributed by atoms with Crippen LogP contribution in [0.15, 0.2) is 23.8 Å². The molecule has 1 aromatic rings. The topological polar surface area (TPSA) is 21.3 Å². The summed E-state index contributed by atoms with van der Waals surface area (Å²) in [6.07, 6.45) is 1.87. The molecule has 0 aliphatic rings. The van der Waals surface area contributed by atoms with Crippen molar-refractivity contribution in [2.75, 3.05) is 26.8 Å². The number of hydrogen-bond acceptors (Lipinski definition) is 2. The van der Waals surface area contributed by atoms with Gasteiger partial charge in [-0.1, -0.05) is 49.2 Å². The molecule has 1 rings (SSSR count). The van der Waals surface area contributed by atoms with Gasteiger partial charge in [-0.15, -0.1) is 0 Å². The van der Waals surface area contributed by atoms with Gasteiger partial charge in [0, 0.05) is 25.8 Å². The normalized spacial score (nSPS) is 12.2. The summed E-state index contributed by atoms with van der Waals surface area (Å²) in [6, 6.07) is 5.05. The second-order valence-corrected chi connectivity index (χ2v) is 5.09. The van der Waals surface area contributed by atoms with Gasteiger partial charge in [-0.3, -0.25) is 0 Å². The maximum absolute atomic E-state index is 13.9. The molecule has 0 aromatic heterocycles. The van der Waals surface area contributed by atoms with Gasteiger partial charge in [0.1, 0.15) is 5.82 Å². The highest BCUT2D eigenvalue weighted by molar-refractivity contribution is 6.30. The zero-order valence-corrected chi connectivity index (χ0v) is 12.4. The Bertz CT molecular complexity index is 432. The second-order valence-electron chi connectivity index (χ2n) is 4.69. The fraction of sp³-hybridized carbons (Fsp3) is 0.467. The number of benzene rings is 1. The lowest BCUT2D eigenvalue weighted by Gasteiger charge is -2.13. The zero-order chi connectivity index (χ0) is 14.3. The lowest BCUT2D eigenvalue weighted by molar-refractivity contribution is 0.200. The SMILES string of the molecule is COCCNC/C(=C/c1cccc(Cl)c1F)C(C)C. The molecule has 0 radical (unpaired) electrons. The summed E-state index contributed by atoms with van der Waals surface area (Å²) in [7, 11) is 1.67. The first-order valence-corrected chi connectivity index (χ1v) is 6.78. The Morgan fingerprint density at radius 3 is 2.84 bits per heavy atom. The molecule has 19 heavy (non-hydrogen) atoms. The van der Waals surface area contributed by atoms with E-state index in [0.29, 0.717) is 24.6 Å². The first-order valence-electron chi connectivity index (χ1n) is 6.40. The van der Waals surface area contributed by atoms with E-state index in [9.17, 15) is 4.39 Å². The Morgan fingerprint density at radius 2 is 2.21 bits per heavy atom. The molecule has 0 saturated carbocycles. The molecule has 0 spiro atoms. The molecule has 0 bridgehead atoms. The standard InChI is InChI=1S/C15H21ClFNO/c1-11(2)13(10-18-7-8-19-3)9-12-5-4-6-14(16)15(12)17/h4-6,9,11,18H,7-8,10H2,1-3H3/b13-9-. The van der Waals surface area contributed by atoms with Crippen molar-refractivity contribution < 1.29 is 9.13 Å². The van der Waals surface area contributed by atoms with E-state index in [1.165, 1.54) is 0 Å². The number of rotatable bonds is 7. The molecule has 0 unspecified atom stereocenters. The van der Waals surface area contributed by atoms with Crippen LogP contribution in [-0.4, -0.2) is 26.8 Å². The van der Waals surface area contributed by atoms with Gasteiger partial charge in [0.15, 0.2) is 0 Å². The van der Waals surface area contributed by atoms with Crippen molar-refractivity contribution in [2.45, 2.75) is 13.8 Å². The molecule has 1 aromatic carbocycles. The van der Waals surface area contributed by atoms with Crippen LogP contribution in [0.1, 0.15) is 19.4 Å². The number of hydrogen-bond donors (Lipinski definition) is 1. The minimum absolute atomic E-state index is 0.157. The zero-order valence-electron chi connectivity index (χ0n) is 11.7. The molecule has 0 atom stereocenters. The van der Waals surface area contributed by atoms with Gasteiger partial charge < -0.3 is 10.1 Å². The number of ether oxygens (including phenoxy) is 1. The fourth-order valence-electron chi connectivity index (χ4n) is 1.66. The average Bonchev–Trinajstić information content (AvgIpc) is 2.37. The summed E-state index contributed by atoms with van der Waals surface area (Å²) in [5.74, 6) is -0.0207. The average molecular weight is 286 g/mol. The van der Waals surface area contributed by atoms with E-state index in [-0.39, 0.29) is 10.8 Å². The molecule has 0 saturated heterocycles. The molecule has 106 valence electrons. The van der Waals surface area contributed by atoms with Gasteiger partial charge in [0.05, 0.1) is 11.6 Å². The quantitative estimate of drug-likeness (QED) is 0.770. The second kappa shape index (κ2) is 8.31. The molecule has 0 aliphatic carbocycles. The predicted molar refractivity (Wildman–Crippen MR) is 79.0 cm³/mol. The molecule has 4 heteroatoms. The van der Waals surface area contributed by atoms with Crippen molar-refractivity contribution in [1.82, 2.24) is 5.32 Å². The Balaban J connectivity index is 2.80. The molecular formula is C15H21ClFNO. The Labute approximate surface area is 119 Å². The molecule has 0 heterocycles. The third-order valence-electron chi connectivity index (χ3n) is 2.88. The van der Waals surface area contributed by atoms with E-state index >= 15 is 0 Å². The number of halogens is 2. The highest BCUT2D eigenvalue weighted by Gasteiger charge is 2.08. The maximum Gasteiger partial charge on any atom is 0.148 e. The monoisotopic (exact) mass is 285 g/mol. The van der Waals surface area contributed by atoms with Crippen LogP contribution in [0.2, 0.25) is 5.02 Å². The molecular weight excluding hydrogens is 265 g/mol. The summed E-state index contributed by atoms with van der Waals surface area (Å²) in [5, 5.41) is 3.43. The van der Waals surface area contributed by atoms with Crippen molar-refractivity contribution in [3.8, 4) is 0 Å². The van der Waals surface area contributed by atoms with Gasteiger partial charge in [-0.05, 0) is 12.0 Å². The maximum atomic E-state index is 13.9. The van der Waals surface area contributed by atoms with Crippen molar-refractivity contribution in [3.63, 3.8) is 0 Å². The molecule has 2 nitrogen and oxygen atoms in total. The lowest BCUT2D eigenvalue weighted by Crippen LogP contribution is -2.23. The summed E-state index contributed by atoms with van der Waals surface area (Å²) in [4.78, 5) is 0. The van der Waals surface area contributed by atoms with Crippen LogP contribution >= 0.6 is 11.6 Å². The molecule has 0 amide bonds. The van der Waals surface area contributed by atoms with E-state index in [2.05, 4.69) is 19.2 Å². The van der Waals surface area contributed by atoms with Crippen molar-refractivity contribution in [3.05, 3.63) is 40.2 Å². The fourth-order valence-corrected chi connectivity index (χ4v) is 1.84. The van der Waals surface area contributed by atoms with E-state index in [0.717, 1.165) is 12.1 Å². The smallest absolute Gasteiger partial charge is 0.148 e. The van der Waals surface area contributed by atoms with E-state index in [4.69, 9.17) is 16.3 Å². The van der Waals surface area contributed by atoms with Gasteiger partial charge in [0.2, 0.25) is 0 Å². The third-order valence-corrected chi connectivity index (χ3v) is 3.17. The summed E-state index contributed by atoms with van der Waals surface area (Å²) in [5.41, 5.74) is 1.67. The number of nitrogens with one attached hydrogen (secondary N) is 1. The van der Waals surface area contributed by atoms with Crippen LogP contribution < -0.4 is 5.32 Å². The Morgan fingerprint density at radius 1 is 1.47 bits per heavy atom. The van der Waals surface area contributed by atoms with Gasteiger partial charge in [-0.2, -0.15) is 0 Å². The van der Waals surface area contributed by atoms with Crippen LogP contribution in [-0.2, 0) is 4.74 Å². The first kappa shape index (κ1) is 16.2. The number of methoxy groups -OCH3 is 1. The predicted octanol–water partition coefficient (Wildman–Crippen LogP) is 3.75. The van der Waals surface area contributed by atoms with E-state index in [1.807, 2.05) is 6.08 Å². The first-order chi connectivity index (χ1) is 9.06. The highest BCUT2D eigenvalue weighted by Crippen LogP contribution is 2.22. The van der Waals surface area contributed by atoms with Crippen LogP contribution in [0.3, 0.4) is 0 Å². The van der Waals surface area contributed by atoms with Crippen LogP contribution in [0.5, 0.6) is 0 Å². The van der Waals surface area contributed by atoms with E-state index in [1.54, 1.807) is 25.3 Å². The minimum Gasteiger partial charge on any atom is -0.383 e. The van der Waals surface area contributed by atoms with Crippen molar-refractivity contribution >= 4 is 17.7 Å². The minimum atomic E-state index is -0.362. The van der Waals surface area contributed by atoms with Crippen molar-refractivity contribution in [2.24, 2.45) is 5.92 Å². The Hall–Kier alpha value is -0.900. The van der Waals surface area contributed by atoms with Crippen LogP contribution in [0, 0.1) is 11.7 Å². The van der Waals surface area contributed by atoms with Crippen LogP contribution in [0.4, 0.5) is 4.39 Å². The Kier molecular flexibility index (Phi) is 7.06. The molecule has 0 fully saturated rings. The van der Waals surface area contributed by atoms with Gasteiger partial charge in [0.25, 0.3) is 0 Å². The third kappa shape index (κ3) is 5.31. The largest absolute Gasteiger partial charge is 0.383 e. The lowest BCUT2D eigenvalue weighted by atomic mass is 10.00. The van der Waals surface area contributed by atoms with Gasteiger partial charge >= 0.3 is 0 Å². The molecule has 0 aliphatic heterocycles.